The molecule has 6 atom stereocenters. The first-order valence-corrected chi connectivity index (χ1v) is 36.7. The molecular formula is C100H80O3. The molecule has 18 bridgehead atoms. The number of benzene rings is 15. The highest BCUT2D eigenvalue weighted by Crippen LogP contribution is 2.57. The quantitative estimate of drug-likeness (QED) is 0.165. The van der Waals surface area contributed by atoms with E-state index in [1.807, 2.05) is 21.3 Å². The molecule has 103 heavy (non-hydrogen) atoms. The van der Waals surface area contributed by atoms with Crippen molar-refractivity contribution in [3.8, 4) is 22.3 Å². The Balaban J connectivity index is 0.802. The fourth-order valence-corrected chi connectivity index (χ4v) is 19.7. The maximum absolute atomic E-state index is 7.08. The summed E-state index contributed by atoms with van der Waals surface area (Å²) in [6.07, 6.45) is 18.4. The van der Waals surface area contributed by atoms with Crippen LogP contribution in [0, 0.1) is 0 Å². The molecule has 0 saturated carbocycles. The van der Waals surface area contributed by atoms with Gasteiger partial charge in [0.25, 0.3) is 0 Å². The topological polar surface area (TPSA) is 27.7 Å². The van der Waals surface area contributed by atoms with E-state index in [1.165, 1.54) is 121 Å². The van der Waals surface area contributed by atoms with Crippen molar-refractivity contribution < 1.29 is 14.2 Å². The third-order valence-corrected chi connectivity index (χ3v) is 24.9. The van der Waals surface area contributed by atoms with E-state index in [-0.39, 0.29) is 0 Å². The van der Waals surface area contributed by atoms with E-state index in [9.17, 15) is 0 Å². The zero-order valence-corrected chi connectivity index (χ0v) is 59.2. The molecule has 0 unspecified atom stereocenters. The molecule has 0 heterocycles. The van der Waals surface area contributed by atoms with Gasteiger partial charge in [-0.25, -0.2) is 0 Å². The van der Waals surface area contributed by atoms with E-state index in [4.69, 9.17) is 14.2 Å². The van der Waals surface area contributed by atoms with Crippen LogP contribution >= 0.6 is 0 Å². The molecule has 0 aliphatic heterocycles. The molecule has 3 nitrogen and oxygen atoms in total. The highest BCUT2D eigenvalue weighted by atomic mass is 16.5. The van der Waals surface area contributed by atoms with Gasteiger partial charge in [-0.2, -0.15) is 0 Å². The largest absolute Gasteiger partial charge is 0.365 e. The van der Waals surface area contributed by atoms with E-state index in [2.05, 4.69) is 348 Å². The lowest BCUT2D eigenvalue weighted by molar-refractivity contribution is 0.0627. The summed E-state index contributed by atoms with van der Waals surface area (Å²) in [5.41, 5.74) is 17.5. The molecule has 3 heteroatoms. The molecule has 4 aliphatic rings. The summed E-state index contributed by atoms with van der Waals surface area (Å²) in [6.45, 7) is 7.19. The Bertz CT molecular complexity index is 6130. The van der Waals surface area contributed by atoms with Crippen LogP contribution in [0.4, 0.5) is 0 Å². The van der Waals surface area contributed by atoms with Crippen molar-refractivity contribution in [1.82, 2.24) is 0 Å². The van der Waals surface area contributed by atoms with Gasteiger partial charge < -0.3 is 14.2 Å². The van der Waals surface area contributed by atoms with Crippen molar-refractivity contribution in [2.45, 2.75) is 79.5 Å². The zero-order valence-electron chi connectivity index (χ0n) is 59.2. The summed E-state index contributed by atoms with van der Waals surface area (Å²) >= 11 is 0. The zero-order chi connectivity index (χ0) is 69.5. The minimum absolute atomic E-state index is 0.471. The predicted octanol–water partition coefficient (Wildman–Crippen LogP) is 24.1. The van der Waals surface area contributed by atoms with E-state index in [0.717, 1.165) is 69.8 Å². The van der Waals surface area contributed by atoms with E-state index in [0.29, 0.717) is 0 Å². The van der Waals surface area contributed by atoms with Crippen LogP contribution < -0.4 is 0 Å². The summed E-state index contributed by atoms with van der Waals surface area (Å²) in [5, 5.41) is 14.6. The van der Waals surface area contributed by atoms with Crippen molar-refractivity contribution in [3.05, 3.63) is 406 Å². The maximum atomic E-state index is 7.08. The first-order valence-electron chi connectivity index (χ1n) is 36.7. The van der Waals surface area contributed by atoms with Crippen molar-refractivity contribution >= 4 is 64.6 Å². The number of allylic oxidation sites excluding steroid dienone is 3. The molecule has 4 aliphatic carbocycles. The first kappa shape index (κ1) is 62.9. The smallest absolute Gasteiger partial charge is 0.137 e. The van der Waals surface area contributed by atoms with Crippen LogP contribution in [0.15, 0.2) is 328 Å². The highest BCUT2D eigenvalue weighted by Gasteiger charge is 2.48. The van der Waals surface area contributed by atoms with Gasteiger partial charge in [0.15, 0.2) is 0 Å². The number of fused-ring (bicyclic) bond motifs is 59. The minimum Gasteiger partial charge on any atom is -0.365 e. The van der Waals surface area contributed by atoms with Gasteiger partial charge in [0.1, 0.15) is 16.8 Å². The van der Waals surface area contributed by atoms with E-state index >= 15 is 0 Å². The fraction of sp³-hybridized carbons (Fsp3) is 0.160. The van der Waals surface area contributed by atoms with Crippen LogP contribution in [0.25, 0.3) is 86.9 Å². The Hall–Kier alpha value is -11.0. The predicted molar refractivity (Wildman–Crippen MR) is 428 cm³/mol. The summed E-state index contributed by atoms with van der Waals surface area (Å²) in [7, 11) is 5.64. The van der Waals surface area contributed by atoms with Crippen LogP contribution in [0.5, 0.6) is 0 Å². The Kier molecular flexibility index (Phi) is 14.5. The Morgan fingerprint density at radius 1 is 0.194 bits per heavy atom. The molecule has 19 rings (SSSR count). The van der Waals surface area contributed by atoms with E-state index in [1.54, 1.807) is 0 Å². The summed E-state index contributed by atoms with van der Waals surface area (Å²) in [6, 6.07) is 110. The summed E-state index contributed by atoms with van der Waals surface area (Å²) in [5.74, 6) is 0. The van der Waals surface area contributed by atoms with Crippen molar-refractivity contribution in [2.75, 3.05) is 21.3 Å². The van der Waals surface area contributed by atoms with Crippen LogP contribution in [-0.2, 0) is 60.1 Å². The lowest BCUT2D eigenvalue weighted by Gasteiger charge is -2.43. The van der Waals surface area contributed by atoms with Gasteiger partial charge in [0, 0.05) is 54.3 Å². The Morgan fingerprint density at radius 3 is 0.709 bits per heavy atom. The number of hydrogen-bond donors (Lipinski definition) is 0. The van der Waals surface area contributed by atoms with Gasteiger partial charge in [0.2, 0.25) is 0 Å². The standard InChI is InChI=1S/C100H80O3/c1-95-59-63-99(102-5,93-45-25-21-41-89(93)95)87-57-51-75(71-33-13-19-39-81(71)87)74-50-56-85(80-38-18-12-32-70(74)80)97(3)61-64-100(103-6,94-46-26-23-43-91(94)97)88-58-52-76(72-34-14-20-40-82(72)88)73-49-55-84(79-37-17-11-31-69(73)79)96(2)60-62-98(101-4,92-44-24-22-42-90(92)96)86-54-48-66(68-30-10-16-36-78(68)86)28-8-7-27-65-47-53-83(95)77-35-15-9-29-67(65)77/h9-26,29-64H,7-8,27-28H2,1-6H3/t95-,96-,97-,98-,99-,100-/m1/s1. The molecule has 0 amide bonds. The molecule has 15 aromatic rings. The molecular weight excluding hydrogens is 1250 g/mol. The van der Waals surface area contributed by atoms with Crippen LogP contribution in [0.3, 0.4) is 0 Å². The Labute approximate surface area is 603 Å². The van der Waals surface area contributed by atoms with Gasteiger partial charge in [-0.1, -0.05) is 309 Å². The molecule has 0 N–H and O–H groups in total. The molecule has 498 valence electrons. The normalized spacial score (nSPS) is 22.5. The number of aryl methyl sites for hydroxylation is 2. The number of ether oxygens (including phenoxy) is 3. The van der Waals surface area contributed by atoms with Gasteiger partial charge >= 0.3 is 0 Å². The number of hydrogen-bond acceptors (Lipinski definition) is 3. The van der Waals surface area contributed by atoms with E-state index < -0.39 is 33.0 Å². The minimum atomic E-state index is -0.920. The van der Waals surface area contributed by atoms with Crippen molar-refractivity contribution in [2.24, 2.45) is 0 Å². The third-order valence-electron chi connectivity index (χ3n) is 24.9. The SMILES string of the molecule is CO[C@@]12C=C[C@@](C)(c3ccccc31)c1ccc(c3ccccc13)-c1ccc(c3ccccc13)[C@]1(OC)C=C[C@@](C)(c3ccccc31)c1ccc(c3ccccc13)-c1ccc(c3ccccc13)[C@]1(OC)C=C[C@@](C)(c3ccccc31)c1ccc(c3ccccc13)CCCCc1ccc2c2ccccc12. The highest BCUT2D eigenvalue weighted by molar-refractivity contribution is 6.10. The summed E-state index contributed by atoms with van der Waals surface area (Å²) in [4.78, 5) is 0. The second kappa shape index (κ2) is 23.8. The number of methoxy groups -OCH3 is 3. The van der Waals surface area contributed by atoms with Gasteiger partial charge in [-0.05, 0) is 213 Å². The van der Waals surface area contributed by atoms with Gasteiger partial charge in [0.05, 0.1) is 0 Å². The Morgan fingerprint density at radius 2 is 0.408 bits per heavy atom. The lowest BCUT2D eigenvalue weighted by atomic mass is 9.64. The van der Waals surface area contributed by atoms with Crippen molar-refractivity contribution in [1.29, 1.82) is 0 Å². The molecule has 0 aromatic heterocycles. The first-order chi connectivity index (χ1) is 50.5. The third kappa shape index (κ3) is 8.99. The second-order valence-electron chi connectivity index (χ2n) is 29.7. The fourth-order valence-electron chi connectivity index (χ4n) is 19.7. The van der Waals surface area contributed by atoms with Crippen molar-refractivity contribution in [3.63, 3.8) is 0 Å². The maximum Gasteiger partial charge on any atom is 0.137 e. The number of rotatable bonds is 3. The summed E-state index contributed by atoms with van der Waals surface area (Å²) < 4.78 is 21.1. The monoisotopic (exact) mass is 1330 g/mol. The average molecular weight is 1330 g/mol. The van der Waals surface area contributed by atoms with Gasteiger partial charge in [-0.3, -0.25) is 0 Å². The average Bonchev–Trinajstić information content (AvgIpc) is 0.718. The molecule has 0 radical (unpaired) electrons. The lowest BCUT2D eigenvalue weighted by Crippen LogP contribution is -2.38. The molecule has 0 saturated heterocycles. The molecule has 0 fully saturated rings. The van der Waals surface area contributed by atoms with Crippen LogP contribution in [0.1, 0.15) is 112 Å². The van der Waals surface area contributed by atoms with Gasteiger partial charge in [-0.15, -0.1) is 0 Å². The molecule has 15 aromatic carbocycles. The second-order valence-corrected chi connectivity index (χ2v) is 29.7. The van der Waals surface area contributed by atoms with Crippen LogP contribution in [-0.4, -0.2) is 21.3 Å². The van der Waals surface area contributed by atoms with Crippen LogP contribution in [0.2, 0.25) is 0 Å². The molecule has 0 spiro atoms.